The molecule has 2 atom stereocenters. The van der Waals surface area contributed by atoms with Crippen LogP contribution in [0.2, 0.25) is 0 Å². The molecule has 0 N–H and O–H groups in total. The lowest BCUT2D eigenvalue weighted by Crippen LogP contribution is -2.01. The van der Waals surface area contributed by atoms with Crippen LogP contribution in [-0.2, 0) is 0 Å². The predicted molar refractivity (Wildman–Crippen MR) is 258 cm³/mol. The van der Waals surface area contributed by atoms with Crippen LogP contribution in [0, 0.1) is 6.92 Å². The Morgan fingerprint density at radius 2 is 1.26 bits per heavy atom. The van der Waals surface area contributed by atoms with Crippen LogP contribution >= 0.6 is 0 Å². The lowest BCUT2D eigenvalue weighted by Gasteiger charge is -2.18. The van der Waals surface area contributed by atoms with Crippen molar-refractivity contribution < 1.29 is 0 Å². The topological polar surface area (TPSA) is 0 Å². The van der Waals surface area contributed by atoms with Crippen molar-refractivity contribution in [1.82, 2.24) is 0 Å². The van der Waals surface area contributed by atoms with Gasteiger partial charge in [-0.3, -0.25) is 0 Å². The molecular weight excluding hydrogens is 685 g/mol. The average Bonchev–Trinajstić information content (AvgIpc) is 3.25. The molecule has 0 fully saturated rings. The standard InChI is InChI=1S/C33H34.C13H16.C6H6.C4H8.CH4/c1-6-26(3)32-15-11-12-16-33(32)28(5)31-23-21-30(22-24-31)27(4)13-9-7-8-10-14-29-19-17-25(2)18-20-29;1-11-7-3-2-4-8-12-9-5-6-10-13(11)12;1-2-4-6-5-3-1;1-3-4-2;/h6-24,27-28H,1,3H2,2,4-5H3;2,4-5,9H,1,3,6-8,10H2;1-6H;3-4H,1-2H3;1H4/b8-7-,13-9+,14-10-;4-2-;;4-3-;. The first-order chi connectivity index (χ1) is 27.3. The highest BCUT2D eigenvalue weighted by molar-refractivity contribution is 5.74. The molecule has 0 saturated heterocycles. The first-order valence-electron chi connectivity index (χ1n) is 20.2. The van der Waals surface area contributed by atoms with Gasteiger partial charge in [-0.05, 0) is 103 Å². The van der Waals surface area contributed by atoms with Gasteiger partial charge < -0.3 is 0 Å². The predicted octanol–water partition coefficient (Wildman–Crippen LogP) is 17.1. The lowest BCUT2D eigenvalue weighted by atomic mass is 9.86. The Morgan fingerprint density at radius 3 is 1.89 bits per heavy atom. The molecule has 57 heavy (non-hydrogen) atoms. The van der Waals surface area contributed by atoms with Crippen LogP contribution in [0.15, 0.2) is 219 Å². The number of hydrogen-bond acceptors (Lipinski definition) is 0. The van der Waals surface area contributed by atoms with Crippen LogP contribution in [0.3, 0.4) is 0 Å². The van der Waals surface area contributed by atoms with Gasteiger partial charge in [-0.25, -0.2) is 0 Å². The van der Waals surface area contributed by atoms with Gasteiger partial charge in [0.05, 0.1) is 0 Å². The van der Waals surface area contributed by atoms with Gasteiger partial charge in [0.1, 0.15) is 0 Å². The third-order valence-electron chi connectivity index (χ3n) is 9.89. The molecule has 0 bridgehead atoms. The molecule has 0 radical (unpaired) electrons. The van der Waals surface area contributed by atoms with E-state index in [4.69, 9.17) is 0 Å². The minimum absolute atomic E-state index is 0. The van der Waals surface area contributed by atoms with Gasteiger partial charge in [-0.1, -0.05) is 240 Å². The molecule has 0 saturated carbocycles. The lowest BCUT2D eigenvalue weighted by molar-refractivity contribution is 0.874. The number of benzene rings is 4. The van der Waals surface area contributed by atoms with Gasteiger partial charge in [-0.2, -0.15) is 0 Å². The second-order valence-corrected chi connectivity index (χ2v) is 14.1. The number of allylic oxidation sites excluding steroid dienone is 16. The maximum absolute atomic E-state index is 4.17. The van der Waals surface area contributed by atoms with Gasteiger partial charge in [0, 0.05) is 5.92 Å². The Bertz CT molecular complexity index is 1950. The molecule has 2 aliphatic rings. The van der Waals surface area contributed by atoms with Gasteiger partial charge >= 0.3 is 0 Å². The van der Waals surface area contributed by atoms with Crippen LogP contribution in [0.1, 0.15) is 112 Å². The molecule has 0 nitrogen and oxygen atoms in total. The fourth-order valence-corrected chi connectivity index (χ4v) is 6.29. The zero-order chi connectivity index (χ0) is 40.4. The highest BCUT2D eigenvalue weighted by atomic mass is 14.2. The summed E-state index contributed by atoms with van der Waals surface area (Å²) in [6, 6.07) is 38.0. The summed E-state index contributed by atoms with van der Waals surface area (Å²) in [5.41, 5.74) is 12.9. The highest BCUT2D eigenvalue weighted by Gasteiger charge is 2.14. The van der Waals surface area contributed by atoms with E-state index in [-0.39, 0.29) is 7.43 Å². The second kappa shape index (κ2) is 27.8. The number of rotatable bonds is 9. The molecule has 0 amide bonds. The van der Waals surface area contributed by atoms with Crippen LogP contribution in [0.4, 0.5) is 0 Å². The Labute approximate surface area is 348 Å². The zero-order valence-electron chi connectivity index (χ0n) is 34.7. The second-order valence-electron chi connectivity index (χ2n) is 14.1. The summed E-state index contributed by atoms with van der Waals surface area (Å²) < 4.78 is 0. The van der Waals surface area contributed by atoms with E-state index in [9.17, 15) is 0 Å². The van der Waals surface area contributed by atoms with E-state index < -0.39 is 0 Å². The maximum atomic E-state index is 4.17. The maximum Gasteiger partial charge on any atom is 0.00671 e. The van der Waals surface area contributed by atoms with E-state index in [1.54, 1.807) is 0 Å². The Kier molecular flexibility index (Phi) is 23.1. The van der Waals surface area contributed by atoms with Crippen molar-refractivity contribution in [2.45, 2.75) is 86.0 Å². The number of aryl methyl sites for hydroxylation is 1. The summed E-state index contributed by atoms with van der Waals surface area (Å²) in [5.74, 6) is 0.647. The molecular formula is C57H68. The van der Waals surface area contributed by atoms with E-state index in [1.165, 1.54) is 69.4 Å². The van der Waals surface area contributed by atoms with E-state index >= 15 is 0 Å². The fourth-order valence-electron chi connectivity index (χ4n) is 6.29. The van der Waals surface area contributed by atoms with Crippen LogP contribution in [0.25, 0.3) is 11.6 Å². The smallest absolute Gasteiger partial charge is 0.00671 e. The Hall–Kier alpha value is -5.72. The third-order valence-corrected chi connectivity index (χ3v) is 9.89. The van der Waals surface area contributed by atoms with Gasteiger partial charge in [0.15, 0.2) is 0 Å². The summed E-state index contributed by atoms with van der Waals surface area (Å²) in [5, 5.41) is 0. The Balaban J connectivity index is 0.000000377. The molecule has 4 aromatic rings. The molecule has 0 spiro atoms. The van der Waals surface area contributed by atoms with Crippen molar-refractivity contribution >= 4 is 11.6 Å². The molecule has 296 valence electrons. The minimum atomic E-state index is 0. The largest absolute Gasteiger partial charge is 0.0985 e. The normalized spacial score (nSPS) is 15.1. The summed E-state index contributed by atoms with van der Waals surface area (Å²) in [4.78, 5) is 0. The van der Waals surface area contributed by atoms with E-state index in [0.717, 1.165) is 18.4 Å². The van der Waals surface area contributed by atoms with Crippen molar-refractivity contribution in [3.05, 3.63) is 252 Å². The van der Waals surface area contributed by atoms with Gasteiger partial charge in [0.2, 0.25) is 0 Å². The van der Waals surface area contributed by atoms with E-state index in [1.807, 2.05) is 68.5 Å². The molecule has 0 heteroatoms. The van der Waals surface area contributed by atoms with Crippen molar-refractivity contribution in [2.75, 3.05) is 0 Å². The molecule has 2 unspecified atom stereocenters. The third kappa shape index (κ3) is 17.3. The summed E-state index contributed by atoms with van der Waals surface area (Å²) in [6.07, 6.45) is 33.5. The first kappa shape index (κ1) is 47.4. The first-order valence-corrected chi connectivity index (χ1v) is 20.2. The molecule has 0 heterocycles. The van der Waals surface area contributed by atoms with E-state index in [0.29, 0.717) is 11.8 Å². The van der Waals surface area contributed by atoms with Crippen molar-refractivity contribution in [3.8, 4) is 0 Å². The highest BCUT2D eigenvalue weighted by Crippen LogP contribution is 2.32. The summed E-state index contributed by atoms with van der Waals surface area (Å²) in [6.45, 7) is 22.8. The Morgan fingerprint density at radius 1 is 0.667 bits per heavy atom. The average molecular weight is 753 g/mol. The zero-order valence-corrected chi connectivity index (χ0v) is 34.7. The SMILES string of the molecule is C.C/C=C\C.C=C1CC/C=C\CC2=C1CCC=C2.C=CC(=C)c1ccccc1C(C)c1ccc(C(C)/C=C/C=C\C=C/c2ccc(C)cc2)cc1.c1ccccc1. The van der Waals surface area contributed by atoms with Crippen molar-refractivity contribution in [1.29, 1.82) is 0 Å². The number of hydrogen-bond donors (Lipinski definition) is 0. The van der Waals surface area contributed by atoms with Crippen LogP contribution in [-0.4, -0.2) is 0 Å². The monoisotopic (exact) mass is 753 g/mol. The van der Waals surface area contributed by atoms with Crippen LogP contribution in [0.5, 0.6) is 0 Å². The van der Waals surface area contributed by atoms with Gasteiger partial charge in [0.25, 0.3) is 0 Å². The van der Waals surface area contributed by atoms with Crippen molar-refractivity contribution in [3.63, 3.8) is 0 Å². The molecule has 6 rings (SSSR count). The molecule has 4 aromatic carbocycles. The fraction of sp³-hybridized carbons (Fsp3) is 0.228. The van der Waals surface area contributed by atoms with Crippen LogP contribution < -0.4 is 0 Å². The molecule has 0 aliphatic heterocycles. The van der Waals surface area contributed by atoms with E-state index in [2.05, 4.69) is 174 Å². The minimum Gasteiger partial charge on any atom is -0.0985 e. The summed E-state index contributed by atoms with van der Waals surface area (Å²) in [7, 11) is 0. The molecule has 2 aliphatic carbocycles. The summed E-state index contributed by atoms with van der Waals surface area (Å²) >= 11 is 0. The van der Waals surface area contributed by atoms with Gasteiger partial charge in [-0.15, -0.1) is 0 Å². The quantitative estimate of drug-likeness (QED) is 0.118. The molecule has 0 aromatic heterocycles. The van der Waals surface area contributed by atoms with Crippen molar-refractivity contribution in [2.24, 2.45) is 0 Å².